The molecule has 2 heterocycles. The van der Waals surface area contributed by atoms with E-state index in [1.807, 2.05) is 0 Å². The molecule has 0 aromatic heterocycles. The van der Waals surface area contributed by atoms with Crippen molar-refractivity contribution in [2.45, 2.75) is 68.8 Å². The van der Waals surface area contributed by atoms with Crippen LogP contribution in [0.1, 0.15) is 40.0 Å². The van der Waals surface area contributed by atoms with E-state index in [1.165, 1.54) is 30.8 Å². The molecular formula is C19H28ClN3O6S. The van der Waals surface area contributed by atoms with Crippen molar-refractivity contribution in [3.63, 3.8) is 0 Å². The van der Waals surface area contributed by atoms with Crippen molar-refractivity contribution in [3.8, 4) is 0 Å². The fourth-order valence-corrected chi connectivity index (χ4v) is 4.98. The molecule has 11 heteroatoms. The number of nitrogens with zero attached hydrogens (tertiary/aromatic N) is 2. The van der Waals surface area contributed by atoms with E-state index < -0.39 is 41.3 Å². The summed E-state index contributed by atoms with van der Waals surface area (Å²) in [4.78, 5) is 64.3. The Morgan fingerprint density at radius 2 is 1.77 bits per heavy atom. The van der Waals surface area contributed by atoms with Gasteiger partial charge in [-0.1, -0.05) is 11.8 Å². The molecule has 2 rings (SSSR count). The number of hydrogen-bond donors (Lipinski definition) is 1. The molecule has 2 aliphatic heterocycles. The maximum Gasteiger partial charge on any atom is 0.328 e. The lowest BCUT2D eigenvalue weighted by Gasteiger charge is -2.29. The molecule has 2 fully saturated rings. The number of methoxy groups -OCH3 is 1. The monoisotopic (exact) mass is 461 g/mol. The first-order valence-electron chi connectivity index (χ1n) is 9.87. The summed E-state index contributed by atoms with van der Waals surface area (Å²) in [5.41, 5.74) is 0. The fraction of sp³-hybridized carbons (Fsp3) is 0.737. The van der Waals surface area contributed by atoms with Crippen LogP contribution in [0.5, 0.6) is 0 Å². The van der Waals surface area contributed by atoms with Crippen LogP contribution in [0.4, 0.5) is 0 Å². The molecule has 168 valence electrons. The number of hydrogen-bond acceptors (Lipinski definition) is 7. The van der Waals surface area contributed by atoms with E-state index in [-0.39, 0.29) is 22.8 Å². The van der Waals surface area contributed by atoms with Crippen molar-refractivity contribution in [1.29, 1.82) is 0 Å². The lowest BCUT2D eigenvalue weighted by Crippen LogP contribution is -2.55. The quantitative estimate of drug-likeness (QED) is 0.453. The van der Waals surface area contributed by atoms with Crippen LogP contribution in [-0.4, -0.2) is 87.6 Å². The lowest BCUT2D eigenvalue weighted by atomic mass is 10.1. The van der Waals surface area contributed by atoms with Gasteiger partial charge in [-0.3, -0.25) is 19.2 Å². The van der Waals surface area contributed by atoms with Crippen LogP contribution in [0, 0.1) is 0 Å². The molecule has 0 saturated carbocycles. The van der Waals surface area contributed by atoms with Gasteiger partial charge in [0.05, 0.1) is 7.11 Å². The molecule has 30 heavy (non-hydrogen) atoms. The Morgan fingerprint density at radius 1 is 1.10 bits per heavy atom. The van der Waals surface area contributed by atoms with Crippen LogP contribution >= 0.6 is 23.4 Å². The highest BCUT2D eigenvalue weighted by molar-refractivity contribution is 8.14. The van der Waals surface area contributed by atoms with Crippen LogP contribution in [0.2, 0.25) is 0 Å². The molecule has 5 atom stereocenters. The predicted molar refractivity (Wildman–Crippen MR) is 112 cm³/mol. The number of thioether (sulfide) groups is 1. The molecular weight excluding hydrogens is 434 g/mol. The van der Waals surface area contributed by atoms with Gasteiger partial charge in [-0.25, -0.2) is 4.79 Å². The van der Waals surface area contributed by atoms with E-state index in [0.29, 0.717) is 25.8 Å². The van der Waals surface area contributed by atoms with Crippen LogP contribution in [0.3, 0.4) is 0 Å². The van der Waals surface area contributed by atoms with Gasteiger partial charge in [0.15, 0.2) is 5.12 Å². The Hall–Kier alpha value is -1.81. The summed E-state index contributed by atoms with van der Waals surface area (Å²) in [6.07, 6.45) is 1.48. The standard InChI is InChI=1S/C19H28ClN3O6S/c1-10(20)17(26)22-7-5-6-14(22)16(25)21-11(2)18(27)23-9-13(30-12(3)24)8-15(23)19(28)29-4/h10-11,13-15H,5-9H2,1-4H3,(H,21,25)/t10-,11+,13-,14-,15-/m0/s1. The Morgan fingerprint density at radius 3 is 2.33 bits per heavy atom. The third kappa shape index (κ3) is 5.66. The maximum absolute atomic E-state index is 13.0. The number of likely N-dealkylation sites (tertiary alicyclic amines) is 2. The number of ether oxygens (including phenoxy) is 1. The highest BCUT2D eigenvalue weighted by atomic mass is 35.5. The zero-order chi connectivity index (χ0) is 22.6. The summed E-state index contributed by atoms with van der Waals surface area (Å²) in [6.45, 7) is 5.17. The molecule has 0 bridgehead atoms. The number of carbonyl (C=O) groups is 5. The predicted octanol–water partition coefficient (Wildman–Crippen LogP) is 0.532. The molecule has 0 unspecified atom stereocenters. The zero-order valence-electron chi connectivity index (χ0n) is 17.6. The van der Waals surface area contributed by atoms with E-state index in [4.69, 9.17) is 16.3 Å². The molecule has 0 spiro atoms. The summed E-state index contributed by atoms with van der Waals surface area (Å²) in [6, 6.07) is -2.39. The normalized spacial score (nSPS) is 25.6. The SMILES string of the molecule is COC(=O)[C@@H]1C[C@H](SC(C)=O)CN1C(=O)[C@@H](C)NC(=O)[C@@H]1CCCN1C(=O)[C@H](C)Cl. The van der Waals surface area contributed by atoms with Gasteiger partial charge in [-0.05, 0) is 33.1 Å². The summed E-state index contributed by atoms with van der Waals surface area (Å²) >= 11 is 6.96. The molecule has 1 N–H and O–H groups in total. The number of carbonyl (C=O) groups excluding carboxylic acids is 5. The molecule has 9 nitrogen and oxygen atoms in total. The average molecular weight is 462 g/mol. The van der Waals surface area contributed by atoms with Gasteiger partial charge in [-0.15, -0.1) is 11.6 Å². The average Bonchev–Trinajstić information content (AvgIpc) is 3.32. The minimum absolute atomic E-state index is 0.0984. The Labute approximate surface area is 185 Å². The fourth-order valence-electron chi connectivity index (χ4n) is 3.87. The Balaban J connectivity index is 2.06. The zero-order valence-corrected chi connectivity index (χ0v) is 19.1. The molecule has 2 aliphatic rings. The molecule has 0 aliphatic carbocycles. The van der Waals surface area contributed by atoms with Crippen LogP contribution in [-0.2, 0) is 28.7 Å². The van der Waals surface area contributed by atoms with Crippen molar-refractivity contribution < 1.29 is 28.7 Å². The third-order valence-electron chi connectivity index (χ3n) is 5.26. The van der Waals surface area contributed by atoms with Gasteiger partial charge in [0.25, 0.3) is 0 Å². The highest BCUT2D eigenvalue weighted by Gasteiger charge is 2.43. The van der Waals surface area contributed by atoms with E-state index in [2.05, 4.69) is 5.32 Å². The number of rotatable bonds is 6. The van der Waals surface area contributed by atoms with Crippen molar-refractivity contribution in [2.75, 3.05) is 20.2 Å². The second kappa shape index (κ2) is 10.5. The molecule has 2 saturated heterocycles. The second-order valence-electron chi connectivity index (χ2n) is 7.53. The summed E-state index contributed by atoms with van der Waals surface area (Å²) in [5.74, 6) is -1.74. The van der Waals surface area contributed by atoms with Gasteiger partial charge >= 0.3 is 5.97 Å². The van der Waals surface area contributed by atoms with Crippen LogP contribution in [0.25, 0.3) is 0 Å². The van der Waals surface area contributed by atoms with Crippen molar-refractivity contribution >= 4 is 52.2 Å². The number of amides is 3. The Bertz CT molecular complexity index is 718. The third-order valence-corrected chi connectivity index (χ3v) is 6.45. The van der Waals surface area contributed by atoms with E-state index in [0.717, 1.165) is 11.8 Å². The van der Waals surface area contributed by atoms with Crippen molar-refractivity contribution in [3.05, 3.63) is 0 Å². The van der Waals surface area contributed by atoms with Gasteiger partial charge in [-0.2, -0.15) is 0 Å². The van der Waals surface area contributed by atoms with Crippen molar-refractivity contribution in [1.82, 2.24) is 15.1 Å². The number of halogens is 1. The van der Waals surface area contributed by atoms with Crippen LogP contribution < -0.4 is 5.32 Å². The molecule has 0 radical (unpaired) electrons. The number of nitrogens with one attached hydrogen (secondary N) is 1. The summed E-state index contributed by atoms with van der Waals surface area (Å²) < 4.78 is 4.80. The van der Waals surface area contributed by atoms with E-state index in [9.17, 15) is 24.0 Å². The summed E-state index contributed by atoms with van der Waals surface area (Å²) in [7, 11) is 1.24. The van der Waals surface area contributed by atoms with E-state index in [1.54, 1.807) is 6.92 Å². The van der Waals surface area contributed by atoms with Gasteiger partial charge < -0.3 is 19.9 Å². The Kier molecular flexibility index (Phi) is 8.54. The van der Waals surface area contributed by atoms with Gasteiger partial charge in [0.2, 0.25) is 17.7 Å². The van der Waals surface area contributed by atoms with E-state index >= 15 is 0 Å². The first-order valence-corrected chi connectivity index (χ1v) is 11.2. The highest BCUT2D eigenvalue weighted by Crippen LogP contribution is 2.29. The first kappa shape index (κ1) is 24.5. The maximum atomic E-state index is 13.0. The minimum Gasteiger partial charge on any atom is -0.467 e. The minimum atomic E-state index is -0.906. The van der Waals surface area contributed by atoms with Gasteiger partial charge in [0.1, 0.15) is 23.5 Å². The molecule has 0 aromatic carbocycles. The van der Waals surface area contributed by atoms with Gasteiger partial charge in [0, 0.05) is 25.3 Å². The largest absolute Gasteiger partial charge is 0.467 e. The first-order chi connectivity index (χ1) is 14.1. The molecule has 0 aromatic rings. The second-order valence-corrected chi connectivity index (χ2v) is 9.66. The smallest absolute Gasteiger partial charge is 0.328 e. The molecule has 3 amide bonds. The topological polar surface area (TPSA) is 113 Å². The lowest BCUT2D eigenvalue weighted by molar-refractivity contribution is -0.152. The van der Waals surface area contributed by atoms with Crippen LogP contribution in [0.15, 0.2) is 0 Å². The number of alkyl halides is 1. The van der Waals surface area contributed by atoms with Crippen molar-refractivity contribution in [2.24, 2.45) is 0 Å². The summed E-state index contributed by atoms with van der Waals surface area (Å²) in [5, 5.41) is 1.61. The number of esters is 1.